The van der Waals surface area contributed by atoms with Crippen molar-refractivity contribution in [2.24, 2.45) is 5.92 Å². The van der Waals surface area contributed by atoms with Crippen LogP contribution in [0.25, 0.3) is 0 Å². The van der Waals surface area contributed by atoms with Gasteiger partial charge in [-0.2, -0.15) is 0 Å². The van der Waals surface area contributed by atoms with Crippen LogP contribution in [0.2, 0.25) is 0 Å². The van der Waals surface area contributed by atoms with Crippen molar-refractivity contribution in [2.45, 2.75) is 45.0 Å². The Balaban J connectivity index is 1.54. The molecule has 33 heavy (non-hydrogen) atoms. The molecule has 178 valence electrons. The van der Waals surface area contributed by atoms with Gasteiger partial charge in [0.15, 0.2) is 0 Å². The molecule has 2 aromatic rings. The van der Waals surface area contributed by atoms with E-state index in [-0.39, 0.29) is 17.9 Å². The summed E-state index contributed by atoms with van der Waals surface area (Å²) < 4.78 is 29.4. The minimum Gasteiger partial charge on any atom is -0.494 e. The highest BCUT2D eigenvalue weighted by Crippen LogP contribution is 2.40. The number of rotatable bonds is 7. The first-order valence-electron chi connectivity index (χ1n) is 11.6. The molecule has 8 heteroatoms. The number of carbonyl (C=O) groups excluding carboxylic acids is 1. The van der Waals surface area contributed by atoms with Crippen LogP contribution in [0.5, 0.6) is 11.5 Å². The molecule has 1 aliphatic carbocycles. The highest BCUT2D eigenvalue weighted by Gasteiger charge is 2.33. The Morgan fingerprint density at radius 2 is 1.85 bits per heavy atom. The lowest BCUT2D eigenvalue weighted by Crippen LogP contribution is -2.45. The number of halogens is 1. The summed E-state index contributed by atoms with van der Waals surface area (Å²) in [5.41, 5.74) is 1.82. The molecule has 1 saturated carbocycles. The first-order chi connectivity index (χ1) is 16.1. The van der Waals surface area contributed by atoms with Crippen molar-refractivity contribution in [1.82, 2.24) is 9.88 Å². The average Bonchev–Trinajstić information content (AvgIpc) is 2.86. The predicted molar refractivity (Wildman–Crippen MR) is 124 cm³/mol. The lowest BCUT2D eigenvalue weighted by molar-refractivity contribution is -0.140. The zero-order chi connectivity index (χ0) is 23.2. The number of nitrogens with zero attached hydrogens (tertiary/aromatic N) is 3. The van der Waals surface area contributed by atoms with Crippen LogP contribution in [0.15, 0.2) is 42.7 Å². The normalized spacial score (nSPS) is 21.8. The van der Waals surface area contributed by atoms with Crippen LogP contribution in [0.3, 0.4) is 0 Å². The molecule has 1 aromatic heterocycles. The molecule has 2 aliphatic rings. The van der Waals surface area contributed by atoms with Crippen molar-refractivity contribution in [2.75, 3.05) is 38.3 Å². The Hall–Kier alpha value is -2.87. The van der Waals surface area contributed by atoms with E-state index in [9.17, 15) is 9.18 Å². The first kappa shape index (κ1) is 23.3. The summed E-state index contributed by atoms with van der Waals surface area (Å²) in [5, 5.41) is 0. The van der Waals surface area contributed by atoms with Gasteiger partial charge in [0, 0.05) is 49.9 Å². The maximum atomic E-state index is 13.2. The number of benzene rings is 1. The van der Waals surface area contributed by atoms with E-state index in [0.29, 0.717) is 32.1 Å². The highest BCUT2D eigenvalue weighted by atomic mass is 19.1. The van der Waals surface area contributed by atoms with E-state index in [0.717, 1.165) is 42.8 Å². The summed E-state index contributed by atoms with van der Waals surface area (Å²) in [6.07, 6.45) is 5.55. The summed E-state index contributed by atoms with van der Waals surface area (Å²) in [4.78, 5) is 21.5. The summed E-state index contributed by atoms with van der Waals surface area (Å²) in [6, 6.07) is 9.43. The smallest absolute Gasteiger partial charge is 0.235 e. The van der Waals surface area contributed by atoms with Crippen molar-refractivity contribution >= 4 is 17.3 Å². The quantitative estimate of drug-likeness (QED) is 0.616. The second-order valence-electron chi connectivity index (χ2n) is 8.52. The van der Waals surface area contributed by atoms with Crippen LogP contribution < -0.4 is 14.4 Å². The fraction of sp³-hybridized carbons (Fsp3) is 0.520. The third kappa shape index (κ3) is 5.55. The van der Waals surface area contributed by atoms with Crippen molar-refractivity contribution in [1.29, 1.82) is 0 Å². The van der Waals surface area contributed by atoms with Crippen LogP contribution in [0.4, 0.5) is 15.8 Å². The van der Waals surface area contributed by atoms with E-state index in [1.807, 2.05) is 23.1 Å². The van der Waals surface area contributed by atoms with Gasteiger partial charge in [-0.1, -0.05) is 0 Å². The van der Waals surface area contributed by atoms with Gasteiger partial charge >= 0.3 is 0 Å². The SMILES string of the molecule is COc1ccncc1N(c1ccc(OC(C)F)cc1)C1CCC(C(=O)N2CCOCC2)CC1. The number of amides is 1. The van der Waals surface area contributed by atoms with Gasteiger partial charge in [0.05, 0.1) is 26.5 Å². The predicted octanol–water partition coefficient (Wildman–Crippen LogP) is 4.34. The van der Waals surface area contributed by atoms with Gasteiger partial charge in [-0.05, 0) is 49.9 Å². The van der Waals surface area contributed by atoms with Crippen LogP contribution in [-0.2, 0) is 9.53 Å². The van der Waals surface area contributed by atoms with Crippen molar-refractivity contribution in [3.05, 3.63) is 42.7 Å². The molecule has 1 aromatic carbocycles. The number of pyridine rings is 1. The van der Waals surface area contributed by atoms with Gasteiger partial charge in [-0.15, -0.1) is 0 Å². The second-order valence-corrected chi connectivity index (χ2v) is 8.52. The van der Waals surface area contributed by atoms with Crippen LogP contribution in [0.1, 0.15) is 32.6 Å². The molecule has 2 fully saturated rings. The van der Waals surface area contributed by atoms with Gasteiger partial charge in [0.25, 0.3) is 0 Å². The topological polar surface area (TPSA) is 64.1 Å². The molecule has 4 rings (SSSR count). The molecule has 0 radical (unpaired) electrons. The fourth-order valence-electron chi connectivity index (χ4n) is 4.77. The van der Waals surface area contributed by atoms with E-state index >= 15 is 0 Å². The largest absolute Gasteiger partial charge is 0.494 e. The third-order valence-corrected chi connectivity index (χ3v) is 6.39. The van der Waals surface area contributed by atoms with Crippen molar-refractivity contribution in [3.8, 4) is 11.5 Å². The number of morpholine rings is 1. The van der Waals surface area contributed by atoms with E-state index in [2.05, 4.69) is 9.88 Å². The van der Waals surface area contributed by atoms with Gasteiger partial charge in [-0.3, -0.25) is 9.78 Å². The molecule has 7 nitrogen and oxygen atoms in total. The number of hydrogen-bond donors (Lipinski definition) is 0. The number of ether oxygens (including phenoxy) is 3. The standard InChI is InChI=1S/C25H32FN3O4/c1-18(26)33-22-9-7-21(8-10-22)29(23-17-27-12-11-24(23)31-2)20-5-3-19(4-6-20)25(30)28-13-15-32-16-14-28/h7-12,17-20H,3-6,13-16H2,1-2H3. The highest BCUT2D eigenvalue weighted by molar-refractivity contribution is 5.79. The van der Waals surface area contributed by atoms with Gasteiger partial charge < -0.3 is 24.0 Å². The Kier molecular flexibility index (Phi) is 7.65. The Morgan fingerprint density at radius 1 is 1.15 bits per heavy atom. The molecular weight excluding hydrogens is 425 g/mol. The summed E-state index contributed by atoms with van der Waals surface area (Å²) in [7, 11) is 1.65. The Labute approximate surface area is 194 Å². The Bertz CT molecular complexity index is 910. The molecule has 1 amide bonds. The number of anilines is 2. The molecule has 1 atom stereocenters. The molecule has 1 saturated heterocycles. The summed E-state index contributed by atoms with van der Waals surface area (Å²) in [6.45, 7) is 3.97. The number of alkyl halides is 1. The number of aromatic nitrogens is 1. The lowest BCUT2D eigenvalue weighted by atomic mass is 9.84. The zero-order valence-electron chi connectivity index (χ0n) is 19.3. The molecule has 1 aliphatic heterocycles. The number of carbonyl (C=O) groups is 1. The average molecular weight is 458 g/mol. The fourth-order valence-corrected chi connectivity index (χ4v) is 4.77. The van der Waals surface area contributed by atoms with E-state index in [1.165, 1.54) is 6.92 Å². The van der Waals surface area contributed by atoms with Crippen LogP contribution in [0, 0.1) is 5.92 Å². The monoisotopic (exact) mass is 457 g/mol. The maximum absolute atomic E-state index is 13.2. The molecule has 0 bridgehead atoms. The molecule has 0 N–H and O–H groups in total. The number of methoxy groups -OCH3 is 1. The van der Waals surface area contributed by atoms with Crippen LogP contribution in [-0.4, -0.2) is 61.6 Å². The Morgan fingerprint density at radius 3 is 2.48 bits per heavy atom. The number of hydrogen-bond acceptors (Lipinski definition) is 6. The minimum atomic E-state index is -1.37. The lowest BCUT2D eigenvalue weighted by Gasteiger charge is -2.39. The van der Waals surface area contributed by atoms with Gasteiger partial charge in [-0.25, -0.2) is 4.39 Å². The molecule has 2 heterocycles. The van der Waals surface area contributed by atoms with Crippen LogP contribution >= 0.6 is 0 Å². The summed E-state index contributed by atoms with van der Waals surface area (Å²) >= 11 is 0. The van der Waals surface area contributed by atoms with Crippen molar-refractivity contribution in [3.63, 3.8) is 0 Å². The van der Waals surface area contributed by atoms with E-state index in [4.69, 9.17) is 14.2 Å². The van der Waals surface area contributed by atoms with Gasteiger partial charge in [0.2, 0.25) is 12.3 Å². The maximum Gasteiger partial charge on any atom is 0.235 e. The molecular formula is C25H32FN3O4. The third-order valence-electron chi connectivity index (χ3n) is 6.39. The van der Waals surface area contributed by atoms with E-state index in [1.54, 1.807) is 31.6 Å². The van der Waals surface area contributed by atoms with Crippen molar-refractivity contribution < 1.29 is 23.4 Å². The van der Waals surface area contributed by atoms with E-state index < -0.39 is 6.36 Å². The first-order valence-corrected chi connectivity index (χ1v) is 11.6. The molecule has 1 unspecified atom stereocenters. The zero-order valence-corrected chi connectivity index (χ0v) is 19.3. The minimum absolute atomic E-state index is 0.0545. The van der Waals surface area contributed by atoms with Gasteiger partial charge in [0.1, 0.15) is 17.2 Å². The second kappa shape index (κ2) is 10.8. The molecule has 0 spiro atoms. The summed E-state index contributed by atoms with van der Waals surface area (Å²) in [5.74, 6) is 1.52.